The second-order valence-electron chi connectivity index (χ2n) is 6.33. The number of rotatable bonds is 5. The lowest BCUT2D eigenvalue weighted by Gasteiger charge is -2.23. The number of carbonyl (C=O) groups excluding carboxylic acids is 1. The van der Waals surface area contributed by atoms with Gasteiger partial charge >= 0.3 is 12.2 Å². The molecule has 0 fully saturated rings. The molecule has 3 rings (SSSR count). The van der Waals surface area contributed by atoms with E-state index in [-0.39, 0.29) is 18.8 Å². The second kappa shape index (κ2) is 8.21. The zero-order valence-corrected chi connectivity index (χ0v) is 15.2. The van der Waals surface area contributed by atoms with Gasteiger partial charge < -0.3 is 14.6 Å². The Balaban J connectivity index is 1.84. The van der Waals surface area contributed by atoms with Crippen LogP contribution in [0.15, 0.2) is 71.1 Å². The Morgan fingerprint density at radius 2 is 1.64 bits per heavy atom. The molecule has 0 aliphatic carbocycles. The van der Waals surface area contributed by atoms with Crippen LogP contribution in [0.4, 0.5) is 23.7 Å². The quantitative estimate of drug-likeness (QED) is 0.597. The molecule has 0 aliphatic heterocycles. The number of amides is 2. The third kappa shape index (κ3) is 4.94. The molecule has 146 valence electrons. The first-order valence-corrected chi connectivity index (χ1v) is 8.64. The number of anilines is 1. The van der Waals surface area contributed by atoms with Crippen molar-refractivity contribution in [2.24, 2.45) is 0 Å². The van der Waals surface area contributed by atoms with Crippen molar-refractivity contribution in [2.75, 3.05) is 5.32 Å². The molecule has 2 amide bonds. The summed E-state index contributed by atoms with van der Waals surface area (Å²) in [6.07, 6.45) is -4.56. The Labute approximate surface area is 160 Å². The highest BCUT2D eigenvalue weighted by molar-refractivity contribution is 5.90. The van der Waals surface area contributed by atoms with Crippen molar-refractivity contribution >= 4 is 11.7 Å². The van der Waals surface area contributed by atoms with Gasteiger partial charge in [0.05, 0.1) is 17.8 Å². The van der Waals surface area contributed by atoms with Crippen LogP contribution in [0.1, 0.15) is 22.6 Å². The van der Waals surface area contributed by atoms with Crippen LogP contribution >= 0.6 is 0 Å². The lowest BCUT2D eigenvalue weighted by Crippen LogP contribution is -2.34. The van der Waals surface area contributed by atoms with E-state index in [1.807, 2.05) is 30.3 Å². The number of carbonyl (C=O) groups is 1. The van der Waals surface area contributed by atoms with E-state index in [1.54, 1.807) is 19.1 Å². The van der Waals surface area contributed by atoms with E-state index in [4.69, 9.17) is 4.42 Å². The fraction of sp³-hybridized carbons (Fsp3) is 0.190. The van der Waals surface area contributed by atoms with Crippen LogP contribution in [0.25, 0.3) is 0 Å². The molecule has 7 heteroatoms. The first kappa shape index (κ1) is 19.5. The summed E-state index contributed by atoms with van der Waals surface area (Å²) in [6.45, 7) is 2.13. The number of aryl methyl sites for hydroxylation is 1. The van der Waals surface area contributed by atoms with Crippen LogP contribution < -0.4 is 5.32 Å². The first-order valence-electron chi connectivity index (χ1n) is 8.64. The minimum Gasteiger partial charge on any atom is -0.464 e. The average molecular weight is 388 g/mol. The van der Waals surface area contributed by atoms with Gasteiger partial charge in [-0.1, -0.05) is 42.5 Å². The summed E-state index contributed by atoms with van der Waals surface area (Å²) in [5, 5.41) is 2.39. The zero-order chi connectivity index (χ0) is 20.1. The molecule has 0 saturated heterocycles. The summed E-state index contributed by atoms with van der Waals surface area (Å²) in [4.78, 5) is 14.2. The van der Waals surface area contributed by atoms with E-state index < -0.39 is 17.8 Å². The van der Waals surface area contributed by atoms with Crippen LogP contribution in [0.2, 0.25) is 0 Å². The van der Waals surface area contributed by atoms with Gasteiger partial charge in [0.1, 0.15) is 11.5 Å². The van der Waals surface area contributed by atoms with Crippen LogP contribution in [0.5, 0.6) is 0 Å². The summed E-state index contributed by atoms with van der Waals surface area (Å²) >= 11 is 0. The Hall–Kier alpha value is -3.22. The summed E-state index contributed by atoms with van der Waals surface area (Å²) in [7, 11) is 0. The third-order valence-electron chi connectivity index (χ3n) is 4.12. The van der Waals surface area contributed by atoms with Gasteiger partial charge in [-0.25, -0.2) is 4.79 Å². The number of alkyl halides is 3. The van der Waals surface area contributed by atoms with E-state index in [1.165, 1.54) is 23.1 Å². The van der Waals surface area contributed by atoms with Gasteiger partial charge in [0, 0.05) is 6.54 Å². The van der Waals surface area contributed by atoms with Crippen molar-refractivity contribution in [3.05, 3.63) is 89.4 Å². The number of para-hydroxylation sites is 1. The summed E-state index contributed by atoms with van der Waals surface area (Å²) in [5.41, 5.74) is -0.324. The smallest absolute Gasteiger partial charge is 0.418 e. The standard InChI is InChI=1S/C21H19F3N2O2/c1-15-11-12-17(28-15)14-26(13-16-7-3-2-4-8-16)20(27)25-19-10-6-5-9-18(19)21(22,23)24/h2-12H,13-14H2,1H3,(H,25,27). The molecule has 3 aromatic rings. The van der Waals surface area contributed by atoms with Gasteiger partial charge in [-0.3, -0.25) is 0 Å². The summed E-state index contributed by atoms with van der Waals surface area (Å²) in [5.74, 6) is 1.24. The molecular weight excluding hydrogens is 369 g/mol. The molecule has 4 nitrogen and oxygen atoms in total. The predicted octanol–water partition coefficient (Wildman–Crippen LogP) is 5.84. The highest BCUT2D eigenvalue weighted by atomic mass is 19.4. The zero-order valence-electron chi connectivity index (χ0n) is 15.2. The Bertz CT molecular complexity index is 936. The lowest BCUT2D eigenvalue weighted by molar-refractivity contribution is -0.136. The molecule has 0 bridgehead atoms. The fourth-order valence-electron chi connectivity index (χ4n) is 2.80. The number of benzene rings is 2. The Morgan fingerprint density at radius 1 is 0.964 bits per heavy atom. The molecule has 2 aromatic carbocycles. The van der Waals surface area contributed by atoms with Gasteiger partial charge in [-0.05, 0) is 36.8 Å². The van der Waals surface area contributed by atoms with Gasteiger partial charge in [-0.15, -0.1) is 0 Å². The van der Waals surface area contributed by atoms with Crippen LogP contribution in [0, 0.1) is 6.92 Å². The maximum Gasteiger partial charge on any atom is 0.418 e. The maximum atomic E-state index is 13.2. The van der Waals surface area contributed by atoms with Gasteiger partial charge in [0.15, 0.2) is 0 Å². The summed E-state index contributed by atoms with van der Waals surface area (Å²) in [6, 6.07) is 17.0. The molecule has 0 spiro atoms. The minimum absolute atomic E-state index is 0.128. The van der Waals surface area contributed by atoms with E-state index in [0.29, 0.717) is 11.5 Å². The number of hydrogen-bond donors (Lipinski definition) is 1. The molecule has 1 N–H and O–H groups in total. The van der Waals surface area contributed by atoms with Crippen molar-refractivity contribution in [3.63, 3.8) is 0 Å². The number of urea groups is 1. The number of halogens is 3. The van der Waals surface area contributed by atoms with Gasteiger partial charge in [-0.2, -0.15) is 13.2 Å². The fourth-order valence-corrected chi connectivity index (χ4v) is 2.80. The molecule has 0 aliphatic rings. The van der Waals surface area contributed by atoms with Crippen LogP contribution in [0.3, 0.4) is 0 Å². The molecule has 1 heterocycles. The van der Waals surface area contributed by atoms with E-state index >= 15 is 0 Å². The molecule has 0 saturated carbocycles. The molecule has 0 atom stereocenters. The normalized spacial score (nSPS) is 11.3. The number of furan rings is 1. The molecule has 1 aromatic heterocycles. The lowest BCUT2D eigenvalue weighted by atomic mass is 10.1. The Kier molecular flexibility index (Phi) is 5.73. The largest absolute Gasteiger partial charge is 0.464 e. The highest BCUT2D eigenvalue weighted by Crippen LogP contribution is 2.34. The number of nitrogens with zero attached hydrogens (tertiary/aromatic N) is 1. The third-order valence-corrected chi connectivity index (χ3v) is 4.12. The average Bonchev–Trinajstić information content (AvgIpc) is 3.06. The number of nitrogens with one attached hydrogen (secondary N) is 1. The summed E-state index contributed by atoms with van der Waals surface area (Å²) < 4.78 is 45.2. The van der Waals surface area contributed by atoms with Gasteiger partial charge in [0.25, 0.3) is 0 Å². The van der Waals surface area contributed by atoms with Crippen molar-refractivity contribution in [3.8, 4) is 0 Å². The van der Waals surface area contributed by atoms with Crippen molar-refractivity contribution in [2.45, 2.75) is 26.2 Å². The van der Waals surface area contributed by atoms with Crippen molar-refractivity contribution < 1.29 is 22.4 Å². The SMILES string of the molecule is Cc1ccc(CN(Cc2ccccc2)C(=O)Nc2ccccc2C(F)(F)F)o1. The van der Waals surface area contributed by atoms with Crippen LogP contribution in [-0.2, 0) is 19.3 Å². The predicted molar refractivity (Wildman–Crippen MR) is 99.6 cm³/mol. The maximum absolute atomic E-state index is 13.2. The van der Waals surface area contributed by atoms with Gasteiger partial charge in [0.2, 0.25) is 0 Å². The number of hydrogen-bond acceptors (Lipinski definition) is 2. The van der Waals surface area contributed by atoms with E-state index in [0.717, 1.165) is 11.6 Å². The monoisotopic (exact) mass is 388 g/mol. The molecule has 0 unspecified atom stereocenters. The second-order valence-corrected chi connectivity index (χ2v) is 6.33. The van der Waals surface area contributed by atoms with E-state index in [9.17, 15) is 18.0 Å². The molecule has 0 radical (unpaired) electrons. The first-order chi connectivity index (χ1) is 13.3. The van der Waals surface area contributed by atoms with E-state index in [2.05, 4.69) is 5.32 Å². The van der Waals surface area contributed by atoms with Crippen LogP contribution in [-0.4, -0.2) is 10.9 Å². The Morgan fingerprint density at radius 3 is 2.29 bits per heavy atom. The highest BCUT2D eigenvalue weighted by Gasteiger charge is 2.34. The van der Waals surface area contributed by atoms with Crippen molar-refractivity contribution in [1.82, 2.24) is 4.90 Å². The topological polar surface area (TPSA) is 45.5 Å². The van der Waals surface area contributed by atoms with Crippen molar-refractivity contribution in [1.29, 1.82) is 0 Å². The molecule has 28 heavy (non-hydrogen) atoms. The minimum atomic E-state index is -4.56. The molecular formula is C21H19F3N2O2.